The minimum Gasteiger partial charge on any atom is -0.493 e. The minimum atomic E-state index is -0.780. The van der Waals surface area contributed by atoms with Gasteiger partial charge in [0.1, 0.15) is 41.1 Å². The van der Waals surface area contributed by atoms with Crippen molar-refractivity contribution in [3.05, 3.63) is 83.9 Å². The van der Waals surface area contributed by atoms with E-state index in [2.05, 4.69) is 18.5 Å². The van der Waals surface area contributed by atoms with E-state index in [4.69, 9.17) is 24.3 Å². The van der Waals surface area contributed by atoms with Crippen molar-refractivity contribution in [2.75, 3.05) is 53.6 Å². The summed E-state index contributed by atoms with van der Waals surface area (Å²) in [7, 11) is 3.63. The predicted molar refractivity (Wildman–Crippen MR) is 186 cm³/mol. The number of methoxy groups -OCH3 is 1. The van der Waals surface area contributed by atoms with E-state index in [0.717, 1.165) is 46.2 Å². The van der Waals surface area contributed by atoms with Gasteiger partial charge in [-0.15, -0.1) is 11.3 Å². The lowest BCUT2D eigenvalue weighted by molar-refractivity contribution is -0.129. The van der Waals surface area contributed by atoms with Gasteiger partial charge in [-0.05, 0) is 61.8 Å². The van der Waals surface area contributed by atoms with Crippen molar-refractivity contribution in [3.8, 4) is 45.3 Å². The molecule has 0 bridgehead atoms. The third-order valence-corrected chi connectivity index (χ3v) is 10.1. The van der Waals surface area contributed by atoms with Crippen LogP contribution in [0, 0.1) is 17.6 Å². The number of hydrogen-bond acceptors (Lipinski definition) is 8. The van der Waals surface area contributed by atoms with Crippen molar-refractivity contribution in [1.82, 2.24) is 24.6 Å². The van der Waals surface area contributed by atoms with E-state index < -0.39 is 11.6 Å². The summed E-state index contributed by atoms with van der Waals surface area (Å²) in [5.74, 6) is -0.366. The van der Waals surface area contributed by atoms with Gasteiger partial charge >= 0.3 is 0 Å². The maximum atomic E-state index is 16.1. The Kier molecular flexibility index (Phi) is 9.19. The van der Waals surface area contributed by atoms with E-state index in [1.807, 2.05) is 53.4 Å². The average molecular weight is 686 g/mol. The Morgan fingerprint density at radius 2 is 1.84 bits per heavy atom. The molecule has 12 heteroatoms. The molecule has 3 aromatic heterocycles. The number of ether oxygens (including phenoxy) is 3. The second kappa shape index (κ2) is 13.7. The van der Waals surface area contributed by atoms with E-state index in [1.54, 1.807) is 4.90 Å². The molecule has 2 aromatic carbocycles. The van der Waals surface area contributed by atoms with Crippen molar-refractivity contribution < 1.29 is 27.8 Å². The number of hydrogen-bond donors (Lipinski definition) is 0. The van der Waals surface area contributed by atoms with Crippen LogP contribution < -0.4 is 9.47 Å². The van der Waals surface area contributed by atoms with Crippen LogP contribution >= 0.6 is 11.3 Å². The van der Waals surface area contributed by atoms with Gasteiger partial charge in [-0.25, -0.2) is 13.8 Å². The van der Waals surface area contributed by atoms with Gasteiger partial charge in [-0.3, -0.25) is 9.48 Å². The number of thiophene rings is 1. The largest absolute Gasteiger partial charge is 0.493 e. The number of carbonyl (C=O) groups is 1. The molecule has 0 N–H and O–H groups in total. The topological polar surface area (TPSA) is 82.0 Å². The van der Waals surface area contributed by atoms with Crippen molar-refractivity contribution in [2.45, 2.75) is 19.5 Å². The maximum absolute atomic E-state index is 16.1. The number of rotatable bonds is 11. The molecular formula is C37H37F2N5O4S. The Morgan fingerprint density at radius 1 is 1.04 bits per heavy atom. The number of nitrogens with zero attached hydrogens (tertiary/aromatic N) is 5. The lowest BCUT2D eigenvalue weighted by Gasteiger charge is -2.35. The van der Waals surface area contributed by atoms with E-state index >= 15 is 4.39 Å². The third kappa shape index (κ3) is 6.31. The molecule has 1 atom stereocenters. The van der Waals surface area contributed by atoms with Crippen LogP contribution in [0.5, 0.6) is 11.5 Å². The van der Waals surface area contributed by atoms with E-state index in [1.165, 1.54) is 30.6 Å². The van der Waals surface area contributed by atoms with Gasteiger partial charge in [-0.2, -0.15) is 5.10 Å². The Hall–Kier alpha value is -4.65. The molecule has 254 valence electrons. The second-order valence-electron chi connectivity index (χ2n) is 12.5. The van der Waals surface area contributed by atoms with Crippen molar-refractivity contribution >= 4 is 27.3 Å². The monoisotopic (exact) mass is 685 g/mol. The van der Waals surface area contributed by atoms with Gasteiger partial charge in [0.05, 0.1) is 42.8 Å². The molecule has 0 aliphatic carbocycles. The molecule has 2 aliphatic rings. The minimum absolute atomic E-state index is 0.0410. The van der Waals surface area contributed by atoms with Crippen LogP contribution in [0.1, 0.15) is 18.7 Å². The smallest absolute Gasteiger partial charge is 0.246 e. The number of amides is 1. The first-order valence-corrected chi connectivity index (χ1v) is 17.1. The molecular weight excluding hydrogens is 649 g/mol. The lowest BCUT2D eigenvalue weighted by Crippen LogP contribution is -2.46. The van der Waals surface area contributed by atoms with Gasteiger partial charge in [0.25, 0.3) is 0 Å². The fourth-order valence-electron chi connectivity index (χ4n) is 6.70. The standard InChI is InChI=1S/C37H37F2N5O4S/c1-5-32(45)43-11-12-44-30(22(43)2)18-29(41-44)36-34(33-28(39)16-25(38)17-31(33)47-14-13-46-4)37-27(10-15-49-37)35(40-36)24-6-8-26(9-7-24)48-21-23-19-42(3)20-23/h5-10,15-18,22-23H,1,11-14,19-21H2,2-4H3/t22-/m1/s1. The quantitative estimate of drug-likeness (QED) is 0.111. The summed E-state index contributed by atoms with van der Waals surface area (Å²) in [6.07, 6.45) is 1.31. The Morgan fingerprint density at radius 3 is 2.57 bits per heavy atom. The number of benzene rings is 2. The van der Waals surface area contributed by atoms with Gasteiger partial charge in [0.2, 0.25) is 5.91 Å². The number of aromatic nitrogens is 3. The highest BCUT2D eigenvalue weighted by molar-refractivity contribution is 7.18. The molecule has 5 aromatic rings. The van der Waals surface area contributed by atoms with Crippen LogP contribution in [-0.2, 0) is 16.1 Å². The fourth-order valence-corrected chi connectivity index (χ4v) is 7.65. The summed E-state index contributed by atoms with van der Waals surface area (Å²) in [6.45, 7) is 9.57. The van der Waals surface area contributed by atoms with Gasteiger partial charge < -0.3 is 24.0 Å². The summed E-state index contributed by atoms with van der Waals surface area (Å²) >= 11 is 1.43. The maximum Gasteiger partial charge on any atom is 0.246 e. The van der Waals surface area contributed by atoms with E-state index in [-0.39, 0.29) is 36.5 Å². The first-order chi connectivity index (χ1) is 23.7. The summed E-state index contributed by atoms with van der Waals surface area (Å²) in [5.41, 5.74) is 3.80. The second-order valence-corrected chi connectivity index (χ2v) is 13.4. The zero-order valence-electron chi connectivity index (χ0n) is 27.6. The number of carbonyl (C=O) groups excluding carboxylic acids is 1. The first-order valence-electron chi connectivity index (χ1n) is 16.2. The number of likely N-dealkylation sites (tertiary alicyclic amines) is 1. The number of halogens is 2. The zero-order valence-corrected chi connectivity index (χ0v) is 28.4. The SMILES string of the molecule is C=CC(=O)N1CCn2nc(-c3nc(-c4ccc(OCC5CN(C)C5)cc4)c4ccsc4c3-c3c(F)cc(F)cc3OCCOC)cc2[C@H]1C. The molecule has 1 fully saturated rings. The van der Waals surface area contributed by atoms with Crippen LogP contribution in [0.4, 0.5) is 8.78 Å². The Balaban J connectivity index is 1.38. The summed E-state index contributed by atoms with van der Waals surface area (Å²) < 4.78 is 50.5. The van der Waals surface area contributed by atoms with Crippen LogP contribution in [0.3, 0.4) is 0 Å². The highest BCUT2D eigenvalue weighted by atomic mass is 32.1. The first kappa shape index (κ1) is 32.9. The molecule has 9 nitrogen and oxygen atoms in total. The Labute approximate surface area is 287 Å². The number of pyridine rings is 1. The molecule has 0 radical (unpaired) electrons. The summed E-state index contributed by atoms with van der Waals surface area (Å²) in [5, 5.41) is 7.68. The molecule has 7 rings (SSSR count). The molecule has 1 amide bonds. The summed E-state index contributed by atoms with van der Waals surface area (Å²) in [6, 6.07) is 13.4. The lowest BCUT2D eigenvalue weighted by atomic mass is 9.96. The van der Waals surface area contributed by atoms with Gasteiger partial charge in [-0.1, -0.05) is 6.58 Å². The van der Waals surface area contributed by atoms with Gasteiger partial charge in [0, 0.05) is 66.0 Å². The van der Waals surface area contributed by atoms with E-state index in [9.17, 15) is 9.18 Å². The number of fused-ring (bicyclic) bond motifs is 2. The van der Waals surface area contributed by atoms with Crippen LogP contribution in [-0.4, -0.2) is 84.1 Å². The highest BCUT2D eigenvalue weighted by Gasteiger charge is 2.31. The fraction of sp³-hybridized carbons (Fsp3) is 0.324. The Bertz CT molecular complexity index is 2020. The molecule has 5 heterocycles. The average Bonchev–Trinajstić information content (AvgIpc) is 3.75. The molecule has 0 spiro atoms. The van der Waals surface area contributed by atoms with Crippen molar-refractivity contribution in [1.29, 1.82) is 0 Å². The molecule has 1 saturated heterocycles. The predicted octanol–water partition coefficient (Wildman–Crippen LogP) is 6.83. The summed E-state index contributed by atoms with van der Waals surface area (Å²) in [4.78, 5) is 21.8. The van der Waals surface area contributed by atoms with Crippen LogP contribution in [0.15, 0.2) is 66.6 Å². The molecule has 0 saturated carbocycles. The van der Waals surface area contributed by atoms with Crippen molar-refractivity contribution in [2.24, 2.45) is 5.92 Å². The zero-order chi connectivity index (χ0) is 34.2. The molecule has 0 unspecified atom stereocenters. The van der Waals surface area contributed by atoms with Crippen molar-refractivity contribution in [3.63, 3.8) is 0 Å². The van der Waals surface area contributed by atoms with Crippen LogP contribution in [0.2, 0.25) is 0 Å². The normalized spacial score (nSPS) is 16.4. The highest BCUT2D eigenvalue weighted by Crippen LogP contribution is 2.47. The van der Waals surface area contributed by atoms with E-state index in [0.29, 0.717) is 48.3 Å². The molecule has 49 heavy (non-hydrogen) atoms. The molecule has 2 aliphatic heterocycles. The van der Waals surface area contributed by atoms with Gasteiger partial charge in [0.15, 0.2) is 0 Å². The third-order valence-electron chi connectivity index (χ3n) is 9.13. The van der Waals surface area contributed by atoms with Crippen LogP contribution in [0.25, 0.3) is 43.9 Å².